The zero-order valence-electron chi connectivity index (χ0n) is 8.08. The predicted molar refractivity (Wildman–Crippen MR) is 57.2 cm³/mol. The Hall–Kier alpha value is -1.29. The zero-order valence-corrected chi connectivity index (χ0v) is 8.08. The van der Waals surface area contributed by atoms with Gasteiger partial charge in [-0.15, -0.1) is 6.58 Å². The van der Waals surface area contributed by atoms with Crippen molar-refractivity contribution in [1.82, 2.24) is 0 Å². The summed E-state index contributed by atoms with van der Waals surface area (Å²) in [6.45, 7) is 3.66. The largest absolute Gasteiger partial charge is 0.193 e. The second kappa shape index (κ2) is 10.7. The first-order valence-electron chi connectivity index (χ1n) is 4.72. The maximum Gasteiger partial charge on any atom is 0.0908 e. The van der Waals surface area contributed by atoms with E-state index in [0.717, 1.165) is 25.7 Å². The molecule has 0 aromatic heterocycles. The van der Waals surface area contributed by atoms with Crippen LogP contribution in [0, 0.1) is 11.3 Å². The van der Waals surface area contributed by atoms with Gasteiger partial charge in [0, 0.05) is 6.08 Å². The molecule has 0 aliphatic carbocycles. The molecule has 0 aliphatic heterocycles. The van der Waals surface area contributed by atoms with Crippen LogP contribution < -0.4 is 0 Å². The molecule has 0 N–H and O–H groups in total. The number of rotatable bonds is 7. The molecule has 0 rings (SSSR count). The number of allylic oxidation sites excluding steroid dienone is 5. The number of unbranched alkanes of at least 4 members (excludes halogenated alkanes) is 3. The standard InChI is InChI=1S/C12H17N/c1-2-3-4-5-6-7-8-9-10-11-12-13/h2,6-7,10-11H,1,3-5,8-9H2/b7-6+,11-10+. The van der Waals surface area contributed by atoms with Crippen molar-refractivity contribution in [2.75, 3.05) is 0 Å². The summed E-state index contributed by atoms with van der Waals surface area (Å²) in [6.07, 6.45) is 15.2. The van der Waals surface area contributed by atoms with Crippen LogP contribution in [-0.4, -0.2) is 0 Å². The van der Waals surface area contributed by atoms with E-state index >= 15 is 0 Å². The molecule has 0 spiro atoms. The van der Waals surface area contributed by atoms with Gasteiger partial charge in [0.25, 0.3) is 0 Å². The van der Waals surface area contributed by atoms with Gasteiger partial charge < -0.3 is 0 Å². The summed E-state index contributed by atoms with van der Waals surface area (Å²) in [5.41, 5.74) is 0. The van der Waals surface area contributed by atoms with Crippen molar-refractivity contribution in [3.63, 3.8) is 0 Å². The fourth-order valence-corrected chi connectivity index (χ4v) is 0.944. The first kappa shape index (κ1) is 11.7. The van der Waals surface area contributed by atoms with Crippen LogP contribution in [0.25, 0.3) is 0 Å². The average molecular weight is 175 g/mol. The molecule has 1 nitrogen and oxygen atoms in total. The normalized spacial score (nSPS) is 10.7. The molecule has 0 fully saturated rings. The van der Waals surface area contributed by atoms with Crippen LogP contribution in [0.3, 0.4) is 0 Å². The van der Waals surface area contributed by atoms with Gasteiger partial charge >= 0.3 is 0 Å². The Kier molecular flexibility index (Phi) is 9.65. The molecule has 0 bridgehead atoms. The van der Waals surface area contributed by atoms with E-state index in [2.05, 4.69) is 18.7 Å². The van der Waals surface area contributed by atoms with Gasteiger partial charge in [-0.2, -0.15) is 5.26 Å². The van der Waals surface area contributed by atoms with E-state index in [0.29, 0.717) is 0 Å². The summed E-state index contributed by atoms with van der Waals surface area (Å²) >= 11 is 0. The van der Waals surface area contributed by atoms with Crippen LogP contribution in [0.15, 0.2) is 37.0 Å². The highest BCUT2D eigenvalue weighted by molar-refractivity contribution is 5.02. The van der Waals surface area contributed by atoms with Crippen molar-refractivity contribution in [2.24, 2.45) is 0 Å². The highest BCUT2D eigenvalue weighted by Crippen LogP contribution is 1.99. The Morgan fingerprint density at radius 2 is 1.69 bits per heavy atom. The van der Waals surface area contributed by atoms with E-state index in [1.807, 2.05) is 18.2 Å². The lowest BCUT2D eigenvalue weighted by atomic mass is 10.2. The Labute approximate surface area is 81.1 Å². The molecule has 0 aliphatic rings. The molecular formula is C12H17N. The topological polar surface area (TPSA) is 23.8 Å². The minimum Gasteiger partial charge on any atom is -0.193 e. The van der Waals surface area contributed by atoms with Crippen LogP contribution >= 0.6 is 0 Å². The Morgan fingerprint density at radius 3 is 2.38 bits per heavy atom. The molecule has 0 saturated carbocycles. The Morgan fingerprint density at radius 1 is 1.00 bits per heavy atom. The van der Waals surface area contributed by atoms with Crippen LogP contribution in [0.2, 0.25) is 0 Å². The third-order valence-corrected chi connectivity index (χ3v) is 1.64. The second-order valence-electron chi connectivity index (χ2n) is 2.80. The van der Waals surface area contributed by atoms with Crippen LogP contribution in [0.1, 0.15) is 32.1 Å². The van der Waals surface area contributed by atoms with Crippen molar-refractivity contribution in [1.29, 1.82) is 5.26 Å². The lowest BCUT2D eigenvalue weighted by molar-refractivity contribution is 0.864. The van der Waals surface area contributed by atoms with Gasteiger partial charge in [-0.25, -0.2) is 0 Å². The van der Waals surface area contributed by atoms with Crippen molar-refractivity contribution in [3.05, 3.63) is 37.0 Å². The van der Waals surface area contributed by atoms with E-state index in [1.54, 1.807) is 0 Å². The fraction of sp³-hybridized carbons (Fsp3) is 0.417. The van der Waals surface area contributed by atoms with Crippen LogP contribution in [0.5, 0.6) is 0 Å². The Bertz CT molecular complexity index is 206. The van der Waals surface area contributed by atoms with Crippen LogP contribution in [0.4, 0.5) is 0 Å². The molecule has 0 unspecified atom stereocenters. The molecule has 70 valence electrons. The second-order valence-corrected chi connectivity index (χ2v) is 2.80. The first-order chi connectivity index (χ1) is 6.41. The first-order valence-corrected chi connectivity index (χ1v) is 4.72. The molecule has 0 aromatic carbocycles. The fourth-order valence-electron chi connectivity index (χ4n) is 0.944. The third kappa shape index (κ3) is 10.7. The van der Waals surface area contributed by atoms with Gasteiger partial charge in [-0.05, 0) is 32.1 Å². The van der Waals surface area contributed by atoms with Gasteiger partial charge in [-0.1, -0.05) is 24.3 Å². The summed E-state index contributed by atoms with van der Waals surface area (Å²) in [7, 11) is 0. The maximum atomic E-state index is 8.20. The van der Waals surface area contributed by atoms with E-state index in [1.165, 1.54) is 12.5 Å². The Balaban J connectivity index is 3.17. The van der Waals surface area contributed by atoms with Gasteiger partial charge in [0.05, 0.1) is 6.07 Å². The lowest BCUT2D eigenvalue weighted by Gasteiger charge is -1.89. The van der Waals surface area contributed by atoms with Crippen LogP contribution in [-0.2, 0) is 0 Å². The minimum absolute atomic E-state index is 0.964. The summed E-state index contributed by atoms with van der Waals surface area (Å²) in [4.78, 5) is 0. The average Bonchev–Trinajstić information content (AvgIpc) is 2.16. The number of hydrogen-bond acceptors (Lipinski definition) is 1. The molecule has 0 amide bonds. The molecule has 13 heavy (non-hydrogen) atoms. The molecule has 0 saturated heterocycles. The predicted octanol–water partition coefficient (Wildman–Crippen LogP) is 3.76. The zero-order chi connectivity index (χ0) is 9.78. The van der Waals surface area contributed by atoms with Gasteiger partial charge in [0.2, 0.25) is 0 Å². The third-order valence-electron chi connectivity index (χ3n) is 1.64. The lowest BCUT2D eigenvalue weighted by Crippen LogP contribution is -1.69. The number of nitriles is 1. The van der Waals surface area contributed by atoms with Crippen molar-refractivity contribution >= 4 is 0 Å². The highest BCUT2D eigenvalue weighted by atomic mass is 14.2. The van der Waals surface area contributed by atoms with Crippen molar-refractivity contribution < 1.29 is 0 Å². The van der Waals surface area contributed by atoms with Gasteiger partial charge in [0.15, 0.2) is 0 Å². The summed E-state index contributed by atoms with van der Waals surface area (Å²) in [6, 6.07) is 1.97. The number of nitrogens with zero attached hydrogens (tertiary/aromatic N) is 1. The molecule has 0 radical (unpaired) electrons. The van der Waals surface area contributed by atoms with Crippen molar-refractivity contribution in [2.45, 2.75) is 32.1 Å². The SMILES string of the molecule is C=CCCC/C=C/CC/C=C/C#N. The summed E-state index contributed by atoms with van der Waals surface area (Å²) in [5, 5.41) is 8.20. The summed E-state index contributed by atoms with van der Waals surface area (Å²) < 4.78 is 0. The van der Waals surface area contributed by atoms with E-state index in [9.17, 15) is 0 Å². The molecular weight excluding hydrogens is 158 g/mol. The minimum atomic E-state index is 0.964. The van der Waals surface area contributed by atoms with Gasteiger partial charge in [-0.3, -0.25) is 0 Å². The van der Waals surface area contributed by atoms with Crippen molar-refractivity contribution in [3.8, 4) is 6.07 Å². The quantitative estimate of drug-likeness (QED) is 0.328. The van der Waals surface area contributed by atoms with E-state index in [-0.39, 0.29) is 0 Å². The maximum absolute atomic E-state index is 8.20. The molecule has 1 heteroatoms. The highest BCUT2D eigenvalue weighted by Gasteiger charge is 1.79. The molecule has 0 heterocycles. The number of hydrogen-bond donors (Lipinski definition) is 0. The monoisotopic (exact) mass is 175 g/mol. The molecule has 0 aromatic rings. The van der Waals surface area contributed by atoms with Gasteiger partial charge in [0.1, 0.15) is 0 Å². The molecule has 0 atom stereocenters. The van der Waals surface area contributed by atoms with E-state index < -0.39 is 0 Å². The van der Waals surface area contributed by atoms with E-state index in [4.69, 9.17) is 5.26 Å². The summed E-state index contributed by atoms with van der Waals surface area (Å²) in [5.74, 6) is 0. The smallest absolute Gasteiger partial charge is 0.0908 e.